The van der Waals surface area contributed by atoms with Gasteiger partial charge < -0.3 is 14.7 Å². The van der Waals surface area contributed by atoms with E-state index in [9.17, 15) is 13.6 Å². The highest BCUT2D eigenvalue weighted by Crippen LogP contribution is 2.12. The molecule has 0 radical (unpaired) electrons. The van der Waals surface area contributed by atoms with Crippen molar-refractivity contribution in [1.29, 1.82) is 0 Å². The average Bonchev–Trinajstić information content (AvgIpc) is 2.37. The van der Waals surface area contributed by atoms with Crippen LogP contribution in [0.5, 0.6) is 5.75 Å². The Balaban J connectivity index is 2.40. The molecule has 1 amide bonds. The summed E-state index contributed by atoms with van der Waals surface area (Å²) in [6.07, 6.45) is -2.61. The summed E-state index contributed by atoms with van der Waals surface area (Å²) in [5.41, 5.74) is 1.04. The van der Waals surface area contributed by atoms with Crippen LogP contribution in [0.3, 0.4) is 0 Å². The summed E-state index contributed by atoms with van der Waals surface area (Å²) >= 11 is 0. The van der Waals surface area contributed by atoms with Crippen LogP contribution in [0.25, 0.3) is 0 Å². The number of aliphatic hydroxyl groups is 1. The molecule has 0 spiro atoms. The molecule has 0 saturated heterocycles. The van der Waals surface area contributed by atoms with Crippen molar-refractivity contribution in [2.45, 2.75) is 19.8 Å². The van der Waals surface area contributed by atoms with E-state index < -0.39 is 18.9 Å². The van der Waals surface area contributed by atoms with Gasteiger partial charge in [-0.1, -0.05) is 12.1 Å². The first-order valence-corrected chi connectivity index (χ1v) is 6.39. The second-order valence-corrected chi connectivity index (χ2v) is 4.37. The molecule has 0 aliphatic carbocycles. The summed E-state index contributed by atoms with van der Waals surface area (Å²) in [6.45, 7) is 0.950. The maximum absolute atomic E-state index is 12.3. The van der Waals surface area contributed by atoms with Crippen LogP contribution in [0.15, 0.2) is 24.3 Å². The number of carbonyl (C=O) groups excluding carboxylic acids is 1. The van der Waals surface area contributed by atoms with Gasteiger partial charge in [0.1, 0.15) is 5.75 Å². The predicted molar refractivity (Wildman–Crippen MR) is 71.0 cm³/mol. The van der Waals surface area contributed by atoms with Crippen molar-refractivity contribution in [3.63, 3.8) is 0 Å². The fourth-order valence-corrected chi connectivity index (χ4v) is 1.72. The minimum absolute atomic E-state index is 0.000657. The summed E-state index contributed by atoms with van der Waals surface area (Å²) in [6, 6.07) is 7.35. The van der Waals surface area contributed by atoms with Crippen LogP contribution in [0.1, 0.15) is 12.0 Å². The van der Waals surface area contributed by atoms with Gasteiger partial charge in [0, 0.05) is 6.54 Å². The molecule has 1 aromatic rings. The van der Waals surface area contributed by atoms with E-state index in [0.717, 1.165) is 10.5 Å². The minimum atomic E-state index is -2.61. The van der Waals surface area contributed by atoms with Crippen LogP contribution < -0.4 is 4.74 Å². The van der Waals surface area contributed by atoms with E-state index in [1.807, 2.05) is 25.1 Å². The second kappa shape index (κ2) is 8.47. The number of carbonyl (C=O) groups is 1. The SMILES string of the molecule is Cc1cccc(OCCC(=O)N(CCO)CC(F)F)c1. The zero-order valence-electron chi connectivity index (χ0n) is 11.4. The molecule has 4 nitrogen and oxygen atoms in total. The first-order chi connectivity index (χ1) is 9.52. The third-order valence-corrected chi connectivity index (χ3v) is 2.66. The monoisotopic (exact) mass is 287 g/mol. The molecule has 1 N–H and O–H groups in total. The third-order valence-electron chi connectivity index (χ3n) is 2.66. The van der Waals surface area contributed by atoms with Crippen LogP contribution in [0.4, 0.5) is 8.78 Å². The number of hydrogen-bond acceptors (Lipinski definition) is 3. The molecule has 0 atom stereocenters. The van der Waals surface area contributed by atoms with Gasteiger partial charge >= 0.3 is 0 Å². The van der Waals surface area contributed by atoms with E-state index in [1.54, 1.807) is 6.07 Å². The summed E-state index contributed by atoms with van der Waals surface area (Å²) in [7, 11) is 0. The summed E-state index contributed by atoms with van der Waals surface area (Å²) < 4.78 is 30.0. The van der Waals surface area contributed by atoms with Crippen molar-refractivity contribution in [1.82, 2.24) is 4.90 Å². The maximum atomic E-state index is 12.3. The van der Waals surface area contributed by atoms with E-state index in [-0.39, 0.29) is 26.2 Å². The van der Waals surface area contributed by atoms with Crippen molar-refractivity contribution < 1.29 is 23.4 Å². The van der Waals surface area contributed by atoms with Gasteiger partial charge in [0.15, 0.2) is 0 Å². The number of benzene rings is 1. The fourth-order valence-electron chi connectivity index (χ4n) is 1.72. The van der Waals surface area contributed by atoms with Crippen molar-refractivity contribution >= 4 is 5.91 Å². The van der Waals surface area contributed by atoms with Crippen LogP contribution in [-0.4, -0.2) is 48.6 Å². The predicted octanol–water partition coefficient (Wildman–Crippen LogP) is 1.85. The van der Waals surface area contributed by atoms with E-state index in [4.69, 9.17) is 9.84 Å². The standard InChI is InChI=1S/C14H19F2NO3/c1-11-3-2-4-12(9-11)20-8-5-14(19)17(6-7-18)10-13(15)16/h2-4,9,13,18H,5-8,10H2,1H3. The summed E-state index contributed by atoms with van der Waals surface area (Å²) in [5, 5.41) is 8.76. The lowest BCUT2D eigenvalue weighted by atomic mass is 10.2. The fraction of sp³-hybridized carbons (Fsp3) is 0.500. The Hall–Kier alpha value is -1.69. The van der Waals surface area contributed by atoms with E-state index in [0.29, 0.717) is 5.75 Å². The zero-order chi connectivity index (χ0) is 15.0. The Morgan fingerprint density at radius 3 is 2.80 bits per heavy atom. The number of alkyl halides is 2. The lowest BCUT2D eigenvalue weighted by Gasteiger charge is -2.21. The first-order valence-electron chi connectivity index (χ1n) is 6.39. The number of aliphatic hydroxyl groups excluding tert-OH is 1. The molecule has 0 saturated carbocycles. The molecule has 112 valence electrons. The summed E-state index contributed by atoms with van der Waals surface area (Å²) in [5.74, 6) is 0.187. The van der Waals surface area contributed by atoms with E-state index in [1.165, 1.54) is 0 Å². The van der Waals surface area contributed by atoms with Gasteiger partial charge in [-0.25, -0.2) is 8.78 Å². The zero-order valence-corrected chi connectivity index (χ0v) is 11.4. The maximum Gasteiger partial charge on any atom is 0.255 e. The van der Waals surface area contributed by atoms with Gasteiger partial charge in [0.2, 0.25) is 5.91 Å². The number of halogens is 2. The molecule has 1 aromatic carbocycles. The molecule has 6 heteroatoms. The normalized spacial score (nSPS) is 10.7. The molecule has 0 aliphatic rings. The topological polar surface area (TPSA) is 49.8 Å². The molecule has 0 heterocycles. The first kappa shape index (κ1) is 16.4. The lowest BCUT2D eigenvalue weighted by Crippen LogP contribution is -2.37. The van der Waals surface area contributed by atoms with Gasteiger partial charge in [-0.15, -0.1) is 0 Å². The number of nitrogens with zero attached hydrogens (tertiary/aromatic N) is 1. The van der Waals surface area contributed by atoms with Gasteiger partial charge in [0.05, 0.1) is 26.2 Å². The quantitative estimate of drug-likeness (QED) is 0.794. The Bertz CT molecular complexity index is 427. The van der Waals surface area contributed by atoms with Crippen LogP contribution >= 0.6 is 0 Å². The molecule has 0 fully saturated rings. The average molecular weight is 287 g/mol. The molecular weight excluding hydrogens is 268 g/mol. The van der Waals surface area contributed by atoms with Gasteiger partial charge in [-0.05, 0) is 24.6 Å². The molecule has 1 rings (SSSR count). The van der Waals surface area contributed by atoms with Crippen LogP contribution in [-0.2, 0) is 4.79 Å². The second-order valence-electron chi connectivity index (χ2n) is 4.37. The highest BCUT2D eigenvalue weighted by atomic mass is 19.3. The molecule has 0 aliphatic heterocycles. The van der Waals surface area contributed by atoms with E-state index in [2.05, 4.69) is 0 Å². The minimum Gasteiger partial charge on any atom is -0.493 e. The molecule has 0 bridgehead atoms. The van der Waals surface area contributed by atoms with Crippen LogP contribution in [0, 0.1) is 6.92 Å². The smallest absolute Gasteiger partial charge is 0.255 e. The molecular formula is C14H19F2NO3. The number of rotatable bonds is 8. The molecule has 20 heavy (non-hydrogen) atoms. The van der Waals surface area contributed by atoms with Crippen LogP contribution in [0.2, 0.25) is 0 Å². The van der Waals surface area contributed by atoms with Gasteiger partial charge in [0.25, 0.3) is 6.43 Å². The van der Waals surface area contributed by atoms with Crippen molar-refractivity contribution in [3.8, 4) is 5.75 Å². The molecule has 0 aromatic heterocycles. The van der Waals surface area contributed by atoms with Crippen molar-refractivity contribution in [2.75, 3.05) is 26.3 Å². The Labute approximate surface area is 117 Å². The Morgan fingerprint density at radius 1 is 1.45 bits per heavy atom. The molecule has 0 unspecified atom stereocenters. The van der Waals surface area contributed by atoms with Crippen molar-refractivity contribution in [2.24, 2.45) is 0 Å². The third kappa shape index (κ3) is 5.97. The number of aryl methyl sites for hydroxylation is 1. The number of hydrogen-bond donors (Lipinski definition) is 1. The van der Waals surface area contributed by atoms with Gasteiger partial charge in [-0.2, -0.15) is 0 Å². The Kier molecular flexibility index (Phi) is 6.93. The highest BCUT2D eigenvalue weighted by Gasteiger charge is 2.17. The largest absolute Gasteiger partial charge is 0.493 e. The highest BCUT2D eigenvalue weighted by molar-refractivity contribution is 5.76. The number of amides is 1. The Morgan fingerprint density at radius 2 is 2.20 bits per heavy atom. The number of ether oxygens (including phenoxy) is 1. The van der Waals surface area contributed by atoms with Crippen molar-refractivity contribution in [3.05, 3.63) is 29.8 Å². The van der Waals surface area contributed by atoms with Gasteiger partial charge in [-0.3, -0.25) is 4.79 Å². The lowest BCUT2D eigenvalue weighted by molar-refractivity contribution is -0.134. The summed E-state index contributed by atoms with van der Waals surface area (Å²) in [4.78, 5) is 12.7. The van der Waals surface area contributed by atoms with E-state index >= 15 is 0 Å².